The minimum atomic E-state index is -3.84. The first kappa shape index (κ1) is 20.8. The zero-order valence-corrected chi connectivity index (χ0v) is 15.7. The van der Waals surface area contributed by atoms with Crippen molar-refractivity contribution < 1.29 is 27.1 Å². The SMILES string of the molecule is C[C@H](OC(=O)Cc1c(F)cccc1Cl)C(=O)Nc1ccc(S(N)(=O)=O)cc1. The molecule has 27 heavy (non-hydrogen) atoms. The molecule has 0 unspecified atom stereocenters. The first-order valence-electron chi connectivity index (χ1n) is 7.64. The molecule has 3 N–H and O–H groups in total. The molecule has 2 aromatic rings. The van der Waals surface area contributed by atoms with Crippen LogP contribution in [0.2, 0.25) is 5.02 Å². The molecule has 2 rings (SSSR count). The zero-order chi connectivity index (χ0) is 20.2. The van der Waals surface area contributed by atoms with Gasteiger partial charge >= 0.3 is 5.97 Å². The molecule has 0 bridgehead atoms. The average Bonchev–Trinajstić information content (AvgIpc) is 2.58. The van der Waals surface area contributed by atoms with Gasteiger partial charge in [-0.25, -0.2) is 17.9 Å². The summed E-state index contributed by atoms with van der Waals surface area (Å²) < 4.78 is 41.1. The smallest absolute Gasteiger partial charge is 0.311 e. The number of anilines is 1. The average molecular weight is 415 g/mol. The topological polar surface area (TPSA) is 116 Å². The molecule has 0 spiro atoms. The largest absolute Gasteiger partial charge is 0.452 e. The van der Waals surface area contributed by atoms with Gasteiger partial charge in [0, 0.05) is 16.3 Å². The molecule has 0 aromatic heterocycles. The molecule has 0 aliphatic rings. The number of carbonyl (C=O) groups is 2. The van der Waals surface area contributed by atoms with Crippen molar-refractivity contribution in [1.82, 2.24) is 0 Å². The summed E-state index contributed by atoms with van der Waals surface area (Å²) in [6.45, 7) is 1.34. The van der Waals surface area contributed by atoms with E-state index in [2.05, 4.69) is 5.32 Å². The zero-order valence-electron chi connectivity index (χ0n) is 14.1. The van der Waals surface area contributed by atoms with E-state index >= 15 is 0 Å². The highest BCUT2D eigenvalue weighted by Crippen LogP contribution is 2.20. The van der Waals surface area contributed by atoms with E-state index in [0.717, 1.165) is 6.07 Å². The number of sulfonamides is 1. The summed E-state index contributed by atoms with van der Waals surface area (Å²) in [5.41, 5.74) is 0.266. The van der Waals surface area contributed by atoms with Crippen LogP contribution in [-0.2, 0) is 30.8 Å². The van der Waals surface area contributed by atoms with Gasteiger partial charge in [-0.05, 0) is 43.3 Å². The summed E-state index contributed by atoms with van der Waals surface area (Å²) in [7, 11) is -3.84. The summed E-state index contributed by atoms with van der Waals surface area (Å²) in [4.78, 5) is 23.9. The van der Waals surface area contributed by atoms with Gasteiger partial charge in [0.05, 0.1) is 11.3 Å². The maximum atomic E-state index is 13.7. The number of halogens is 2. The highest BCUT2D eigenvalue weighted by Gasteiger charge is 2.20. The van der Waals surface area contributed by atoms with E-state index in [4.69, 9.17) is 21.5 Å². The van der Waals surface area contributed by atoms with Crippen LogP contribution >= 0.6 is 11.6 Å². The highest BCUT2D eigenvalue weighted by molar-refractivity contribution is 7.89. The summed E-state index contributed by atoms with van der Waals surface area (Å²) in [6.07, 6.45) is -1.59. The maximum Gasteiger partial charge on any atom is 0.311 e. The quantitative estimate of drug-likeness (QED) is 0.703. The first-order chi connectivity index (χ1) is 12.6. The van der Waals surface area contributed by atoms with E-state index in [1.165, 1.54) is 43.3 Å². The normalized spacial score (nSPS) is 12.3. The van der Waals surface area contributed by atoms with Gasteiger partial charge in [0.25, 0.3) is 5.91 Å². The summed E-state index contributed by atoms with van der Waals surface area (Å²) in [5, 5.41) is 7.53. The Kier molecular flexibility index (Phi) is 6.53. The van der Waals surface area contributed by atoms with E-state index in [0.29, 0.717) is 0 Å². The van der Waals surface area contributed by atoms with Gasteiger partial charge in [-0.3, -0.25) is 9.59 Å². The van der Waals surface area contributed by atoms with Crippen LogP contribution in [0.4, 0.5) is 10.1 Å². The lowest BCUT2D eigenvalue weighted by Crippen LogP contribution is -2.30. The third kappa shape index (κ3) is 5.75. The summed E-state index contributed by atoms with van der Waals surface area (Å²) >= 11 is 5.85. The molecule has 0 aliphatic carbocycles. The van der Waals surface area contributed by atoms with Gasteiger partial charge in [0.2, 0.25) is 10.0 Å². The molecule has 0 saturated heterocycles. The molecular weight excluding hydrogens is 399 g/mol. The number of ether oxygens (including phenoxy) is 1. The van der Waals surface area contributed by atoms with Crippen LogP contribution in [-0.4, -0.2) is 26.4 Å². The molecule has 0 heterocycles. The molecule has 1 amide bonds. The Bertz CT molecular complexity index is 944. The van der Waals surface area contributed by atoms with Crippen molar-refractivity contribution in [3.05, 3.63) is 58.9 Å². The van der Waals surface area contributed by atoms with Crippen LogP contribution in [0.25, 0.3) is 0 Å². The summed E-state index contributed by atoms with van der Waals surface area (Å²) in [6, 6.07) is 9.13. The van der Waals surface area contributed by atoms with Crippen molar-refractivity contribution >= 4 is 39.2 Å². The number of rotatable bonds is 6. The Labute approximate surface area is 160 Å². The molecule has 144 valence electrons. The molecule has 0 fully saturated rings. The van der Waals surface area contributed by atoms with Crippen LogP contribution in [0.15, 0.2) is 47.4 Å². The predicted octanol–water partition coefficient (Wildman–Crippen LogP) is 2.24. The molecular formula is C17H16ClFN2O5S. The van der Waals surface area contributed by atoms with Crippen LogP contribution in [0.3, 0.4) is 0 Å². The molecule has 10 heteroatoms. The van der Waals surface area contributed by atoms with Crippen LogP contribution in [0.5, 0.6) is 0 Å². The van der Waals surface area contributed by atoms with Crippen molar-refractivity contribution in [1.29, 1.82) is 0 Å². The lowest BCUT2D eigenvalue weighted by Gasteiger charge is -2.14. The number of nitrogens with two attached hydrogens (primary N) is 1. The molecule has 2 aromatic carbocycles. The number of esters is 1. The number of hydrogen-bond acceptors (Lipinski definition) is 5. The Hall–Kier alpha value is -2.49. The number of hydrogen-bond donors (Lipinski definition) is 2. The fourth-order valence-corrected chi connectivity index (χ4v) is 2.86. The lowest BCUT2D eigenvalue weighted by atomic mass is 10.1. The lowest BCUT2D eigenvalue weighted by molar-refractivity contribution is -0.152. The second-order valence-electron chi connectivity index (χ2n) is 5.57. The Morgan fingerprint density at radius 1 is 1.22 bits per heavy atom. The van der Waals surface area contributed by atoms with E-state index in [1.54, 1.807) is 0 Å². The van der Waals surface area contributed by atoms with Gasteiger partial charge < -0.3 is 10.1 Å². The minimum absolute atomic E-state index is 0.0182. The number of amides is 1. The number of benzene rings is 2. The number of carbonyl (C=O) groups excluding carboxylic acids is 2. The number of primary sulfonamides is 1. The molecule has 1 atom stereocenters. The number of nitrogens with one attached hydrogen (secondary N) is 1. The van der Waals surface area contributed by atoms with Gasteiger partial charge in [-0.2, -0.15) is 0 Å². The van der Waals surface area contributed by atoms with Gasteiger partial charge in [0.1, 0.15) is 5.82 Å². The first-order valence-corrected chi connectivity index (χ1v) is 9.56. The van der Waals surface area contributed by atoms with Crippen molar-refractivity contribution in [3.8, 4) is 0 Å². The van der Waals surface area contributed by atoms with E-state index in [9.17, 15) is 22.4 Å². The van der Waals surface area contributed by atoms with Crippen molar-refractivity contribution in [3.63, 3.8) is 0 Å². The van der Waals surface area contributed by atoms with Crippen LogP contribution in [0, 0.1) is 5.82 Å². The second kappa shape index (κ2) is 8.47. The van der Waals surface area contributed by atoms with Gasteiger partial charge in [0.15, 0.2) is 6.10 Å². The third-order valence-corrected chi connectivity index (χ3v) is 4.79. The second-order valence-corrected chi connectivity index (χ2v) is 7.54. The highest BCUT2D eigenvalue weighted by atomic mass is 35.5. The fraction of sp³-hybridized carbons (Fsp3) is 0.176. The fourth-order valence-electron chi connectivity index (χ4n) is 2.11. The van der Waals surface area contributed by atoms with Crippen molar-refractivity contribution in [2.24, 2.45) is 5.14 Å². The Morgan fingerprint density at radius 3 is 2.41 bits per heavy atom. The van der Waals surface area contributed by atoms with E-state index in [1.807, 2.05) is 0 Å². The monoisotopic (exact) mass is 414 g/mol. The molecule has 0 saturated carbocycles. The summed E-state index contributed by atoms with van der Waals surface area (Å²) in [5.74, 6) is -2.12. The van der Waals surface area contributed by atoms with Crippen LogP contribution < -0.4 is 10.5 Å². The molecule has 7 nitrogen and oxygen atoms in total. The van der Waals surface area contributed by atoms with Crippen molar-refractivity contribution in [2.75, 3.05) is 5.32 Å². The van der Waals surface area contributed by atoms with Gasteiger partial charge in [-0.1, -0.05) is 17.7 Å². The minimum Gasteiger partial charge on any atom is -0.452 e. The Morgan fingerprint density at radius 2 is 1.85 bits per heavy atom. The Balaban J connectivity index is 1.96. The maximum absolute atomic E-state index is 13.7. The van der Waals surface area contributed by atoms with E-state index < -0.39 is 40.2 Å². The van der Waals surface area contributed by atoms with E-state index in [-0.39, 0.29) is 21.2 Å². The van der Waals surface area contributed by atoms with Gasteiger partial charge in [-0.15, -0.1) is 0 Å². The van der Waals surface area contributed by atoms with Crippen LogP contribution in [0.1, 0.15) is 12.5 Å². The predicted molar refractivity (Wildman–Crippen MR) is 97.1 cm³/mol. The standard InChI is InChI=1S/C17H16ClFN2O5S/c1-10(26-16(22)9-13-14(18)3-2-4-15(13)19)17(23)21-11-5-7-12(8-6-11)27(20,24)25/h2-8,10H,9H2,1H3,(H,21,23)(H2,20,24,25)/t10-/m0/s1. The molecule has 0 aliphatic heterocycles. The van der Waals surface area contributed by atoms with Crippen molar-refractivity contribution in [2.45, 2.75) is 24.3 Å². The third-order valence-electron chi connectivity index (χ3n) is 3.51. The molecule has 0 radical (unpaired) electrons.